The Morgan fingerprint density at radius 1 is 1.00 bits per heavy atom. The Kier molecular flexibility index (Phi) is 3.52. The maximum Gasteiger partial charge on any atom is 0.155 e. The van der Waals surface area contributed by atoms with Gasteiger partial charge in [0, 0.05) is 49.0 Å². The van der Waals surface area contributed by atoms with Gasteiger partial charge in [0.1, 0.15) is 0 Å². The molecule has 0 N–H and O–H groups in total. The highest BCUT2D eigenvalue weighted by Crippen LogP contribution is 2.28. The minimum Gasteiger partial charge on any atom is -0.297 e. The lowest BCUT2D eigenvalue weighted by molar-refractivity contribution is 0.200. The zero-order valence-corrected chi connectivity index (χ0v) is 12.3. The Balaban J connectivity index is 1.45. The third-order valence-corrected chi connectivity index (χ3v) is 4.33. The minimum atomic E-state index is 0.545. The Labute approximate surface area is 128 Å². The second kappa shape index (κ2) is 5.81. The zero-order valence-electron chi connectivity index (χ0n) is 12.3. The smallest absolute Gasteiger partial charge is 0.155 e. The van der Waals surface area contributed by atoms with Crippen LogP contribution in [0.15, 0.2) is 43.1 Å². The molecule has 0 saturated carbocycles. The van der Waals surface area contributed by atoms with Crippen LogP contribution in [0.4, 0.5) is 0 Å². The monoisotopic (exact) mass is 294 g/mol. The lowest BCUT2D eigenvalue weighted by Crippen LogP contribution is -2.33. The molecule has 0 spiro atoms. The molecule has 4 heterocycles. The van der Waals surface area contributed by atoms with Gasteiger partial charge >= 0.3 is 0 Å². The highest BCUT2D eigenvalue weighted by atomic mass is 15.3. The van der Waals surface area contributed by atoms with E-state index in [1.807, 2.05) is 29.2 Å². The molecule has 1 aliphatic heterocycles. The summed E-state index contributed by atoms with van der Waals surface area (Å²) in [4.78, 5) is 15.3. The van der Waals surface area contributed by atoms with Crippen LogP contribution >= 0.6 is 0 Å². The van der Waals surface area contributed by atoms with Crippen LogP contribution in [0.1, 0.15) is 30.1 Å². The summed E-state index contributed by atoms with van der Waals surface area (Å²) in [7, 11) is 0. The molecule has 0 radical (unpaired) electrons. The zero-order chi connectivity index (χ0) is 14.8. The van der Waals surface area contributed by atoms with Crippen molar-refractivity contribution in [2.75, 3.05) is 13.1 Å². The quantitative estimate of drug-likeness (QED) is 0.738. The number of likely N-dealkylation sites (tertiary alicyclic amines) is 1. The van der Waals surface area contributed by atoms with Gasteiger partial charge in [-0.3, -0.25) is 14.9 Å². The topological polar surface area (TPSA) is 59.2 Å². The second-order valence-corrected chi connectivity index (χ2v) is 5.72. The molecule has 0 bridgehead atoms. The molecule has 22 heavy (non-hydrogen) atoms. The van der Waals surface area contributed by atoms with E-state index in [1.165, 1.54) is 5.69 Å². The van der Waals surface area contributed by atoms with Gasteiger partial charge in [-0.2, -0.15) is 5.10 Å². The van der Waals surface area contributed by atoms with Crippen LogP contribution < -0.4 is 0 Å². The number of hydrogen-bond acceptors (Lipinski definition) is 5. The van der Waals surface area contributed by atoms with Gasteiger partial charge in [0.05, 0.1) is 11.9 Å². The van der Waals surface area contributed by atoms with E-state index < -0.39 is 0 Å². The van der Waals surface area contributed by atoms with Gasteiger partial charge in [0.2, 0.25) is 0 Å². The number of piperidine rings is 1. The molecule has 0 aliphatic carbocycles. The SMILES string of the molecule is c1cnc(CN2CCC(c3ccnc4ccnn34)CC2)cn1. The van der Waals surface area contributed by atoms with Crippen molar-refractivity contribution < 1.29 is 0 Å². The highest BCUT2D eigenvalue weighted by molar-refractivity contribution is 5.37. The van der Waals surface area contributed by atoms with E-state index in [1.54, 1.807) is 12.4 Å². The van der Waals surface area contributed by atoms with Crippen LogP contribution in [0.5, 0.6) is 0 Å². The number of hydrogen-bond donors (Lipinski definition) is 0. The molecule has 6 heteroatoms. The lowest BCUT2D eigenvalue weighted by Gasteiger charge is -2.31. The molecule has 4 rings (SSSR count). The maximum atomic E-state index is 4.40. The first kappa shape index (κ1) is 13.3. The number of fused-ring (bicyclic) bond motifs is 1. The molecule has 0 amide bonds. The normalized spacial score (nSPS) is 17.1. The highest BCUT2D eigenvalue weighted by Gasteiger charge is 2.23. The van der Waals surface area contributed by atoms with Crippen molar-refractivity contribution in [1.82, 2.24) is 29.5 Å². The summed E-state index contributed by atoms with van der Waals surface area (Å²) in [6.07, 6.45) is 11.3. The number of aromatic nitrogens is 5. The fraction of sp³-hybridized carbons (Fsp3) is 0.375. The summed E-state index contributed by atoms with van der Waals surface area (Å²) >= 11 is 0. The first-order chi connectivity index (χ1) is 10.9. The van der Waals surface area contributed by atoms with Crippen LogP contribution in [0, 0.1) is 0 Å². The van der Waals surface area contributed by atoms with Crippen molar-refractivity contribution in [2.24, 2.45) is 0 Å². The second-order valence-electron chi connectivity index (χ2n) is 5.72. The van der Waals surface area contributed by atoms with Crippen LogP contribution in [-0.2, 0) is 6.54 Å². The summed E-state index contributed by atoms with van der Waals surface area (Å²) in [6.45, 7) is 3.03. The maximum absolute atomic E-state index is 4.40. The van der Waals surface area contributed by atoms with Crippen molar-refractivity contribution in [3.8, 4) is 0 Å². The fourth-order valence-electron chi connectivity index (χ4n) is 3.19. The molecule has 6 nitrogen and oxygen atoms in total. The van der Waals surface area contributed by atoms with Crippen LogP contribution in [-0.4, -0.2) is 42.6 Å². The molecule has 1 aliphatic rings. The Hall–Kier alpha value is -2.34. The molecule has 112 valence electrons. The third kappa shape index (κ3) is 2.57. The van der Waals surface area contributed by atoms with E-state index in [2.05, 4.69) is 31.0 Å². The predicted octanol–water partition coefficient (Wildman–Crippen LogP) is 1.90. The van der Waals surface area contributed by atoms with Gasteiger partial charge in [-0.15, -0.1) is 0 Å². The number of rotatable bonds is 3. The van der Waals surface area contributed by atoms with Crippen molar-refractivity contribution in [3.05, 3.63) is 54.5 Å². The van der Waals surface area contributed by atoms with Gasteiger partial charge < -0.3 is 0 Å². The van der Waals surface area contributed by atoms with E-state index in [-0.39, 0.29) is 0 Å². The van der Waals surface area contributed by atoms with E-state index in [9.17, 15) is 0 Å². The molecule has 1 saturated heterocycles. The van der Waals surface area contributed by atoms with Crippen molar-refractivity contribution in [1.29, 1.82) is 0 Å². The predicted molar refractivity (Wildman–Crippen MR) is 82.3 cm³/mol. The molecular formula is C16H18N6. The van der Waals surface area contributed by atoms with Crippen LogP contribution in [0.25, 0.3) is 5.65 Å². The summed E-state index contributed by atoms with van der Waals surface area (Å²) in [5.74, 6) is 0.545. The van der Waals surface area contributed by atoms with Crippen molar-refractivity contribution in [3.63, 3.8) is 0 Å². The molecule has 1 fully saturated rings. The first-order valence-corrected chi connectivity index (χ1v) is 7.66. The van der Waals surface area contributed by atoms with E-state index in [4.69, 9.17) is 0 Å². The minimum absolute atomic E-state index is 0.545. The van der Waals surface area contributed by atoms with Gasteiger partial charge in [0.15, 0.2) is 5.65 Å². The third-order valence-electron chi connectivity index (χ3n) is 4.33. The molecule has 0 aromatic carbocycles. The van der Waals surface area contributed by atoms with Crippen LogP contribution in [0.3, 0.4) is 0 Å². The Morgan fingerprint density at radius 2 is 1.91 bits per heavy atom. The summed E-state index contributed by atoms with van der Waals surface area (Å²) < 4.78 is 1.98. The Morgan fingerprint density at radius 3 is 2.73 bits per heavy atom. The molecule has 3 aromatic rings. The summed E-state index contributed by atoms with van der Waals surface area (Å²) in [6, 6.07) is 4.05. The van der Waals surface area contributed by atoms with Gasteiger partial charge in [-0.05, 0) is 32.0 Å². The van der Waals surface area contributed by atoms with E-state index in [0.717, 1.165) is 43.8 Å². The van der Waals surface area contributed by atoms with E-state index >= 15 is 0 Å². The standard InChI is InChI=1S/C16H18N6/c1-5-19-16-2-6-20-22(16)15(1)13-3-9-21(10-4-13)12-14-11-17-7-8-18-14/h1-2,5-8,11,13H,3-4,9-10,12H2. The Bertz CT molecular complexity index is 745. The average Bonchev–Trinajstić information content (AvgIpc) is 3.05. The van der Waals surface area contributed by atoms with Gasteiger partial charge in [-0.1, -0.05) is 0 Å². The fourth-order valence-corrected chi connectivity index (χ4v) is 3.19. The molecular weight excluding hydrogens is 276 g/mol. The van der Waals surface area contributed by atoms with Gasteiger partial charge in [-0.25, -0.2) is 9.50 Å². The molecule has 0 unspecified atom stereocenters. The van der Waals surface area contributed by atoms with Crippen molar-refractivity contribution in [2.45, 2.75) is 25.3 Å². The lowest BCUT2D eigenvalue weighted by atomic mass is 9.93. The molecule has 0 atom stereocenters. The number of nitrogens with zero attached hydrogens (tertiary/aromatic N) is 6. The van der Waals surface area contributed by atoms with E-state index in [0.29, 0.717) is 5.92 Å². The summed E-state index contributed by atoms with van der Waals surface area (Å²) in [5.41, 5.74) is 3.24. The van der Waals surface area contributed by atoms with Crippen LogP contribution in [0.2, 0.25) is 0 Å². The van der Waals surface area contributed by atoms with Gasteiger partial charge in [0.25, 0.3) is 0 Å². The largest absolute Gasteiger partial charge is 0.297 e. The van der Waals surface area contributed by atoms with Crippen molar-refractivity contribution >= 4 is 5.65 Å². The first-order valence-electron chi connectivity index (χ1n) is 7.66. The average molecular weight is 294 g/mol. The summed E-state index contributed by atoms with van der Waals surface area (Å²) in [5, 5.41) is 4.40. The molecule has 3 aromatic heterocycles.